The monoisotopic (exact) mass is 332 g/mol. The average molecular weight is 333 g/mol. The Hall–Kier alpha value is -1.65. The third-order valence-corrected chi connectivity index (χ3v) is 4.90. The fourth-order valence-corrected chi connectivity index (χ4v) is 3.44. The SMILES string of the molecule is CC(C)C(=O)N1N=C(c2ccc(Cl)cc2)CC1c1cccs1. The molecule has 22 heavy (non-hydrogen) atoms. The molecule has 3 nitrogen and oxygen atoms in total. The Morgan fingerprint density at radius 2 is 2.05 bits per heavy atom. The van der Waals surface area contributed by atoms with Gasteiger partial charge in [-0.2, -0.15) is 5.10 Å². The maximum Gasteiger partial charge on any atom is 0.245 e. The minimum Gasteiger partial charge on any atom is -0.273 e. The summed E-state index contributed by atoms with van der Waals surface area (Å²) < 4.78 is 0. The van der Waals surface area contributed by atoms with Crippen LogP contribution in [0.1, 0.15) is 36.8 Å². The van der Waals surface area contributed by atoms with E-state index in [4.69, 9.17) is 11.6 Å². The van der Waals surface area contributed by atoms with Gasteiger partial charge in [-0.25, -0.2) is 5.01 Å². The molecule has 3 rings (SSSR count). The number of hydrogen-bond donors (Lipinski definition) is 0. The zero-order valence-corrected chi connectivity index (χ0v) is 14.1. The van der Waals surface area contributed by atoms with Crippen LogP contribution >= 0.6 is 22.9 Å². The second kappa shape index (κ2) is 6.23. The van der Waals surface area contributed by atoms with Crippen LogP contribution in [0.2, 0.25) is 5.02 Å². The number of hydrogen-bond acceptors (Lipinski definition) is 3. The Morgan fingerprint density at radius 3 is 2.64 bits per heavy atom. The number of carbonyl (C=O) groups excluding carboxylic acids is 1. The smallest absolute Gasteiger partial charge is 0.245 e. The number of amides is 1. The van der Waals surface area contributed by atoms with Gasteiger partial charge in [-0.05, 0) is 29.1 Å². The van der Waals surface area contributed by atoms with Crippen molar-refractivity contribution in [2.45, 2.75) is 26.3 Å². The lowest BCUT2D eigenvalue weighted by Crippen LogP contribution is -2.30. The molecule has 1 aromatic carbocycles. The molecule has 0 radical (unpaired) electrons. The number of carbonyl (C=O) groups is 1. The molecular formula is C17H17ClN2OS. The molecular weight excluding hydrogens is 316 g/mol. The van der Waals surface area contributed by atoms with Gasteiger partial charge in [0.15, 0.2) is 0 Å². The van der Waals surface area contributed by atoms with Crippen molar-refractivity contribution < 1.29 is 4.79 Å². The standard InChI is InChI=1S/C17H17ClN2OS/c1-11(2)17(21)20-15(16-4-3-9-22-16)10-14(19-20)12-5-7-13(18)8-6-12/h3-9,11,15H,10H2,1-2H3. The number of rotatable bonds is 3. The first-order valence-corrected chi connectivity index (χ1v) is 8.52. The Bertz CT molecular complexity index is 692. The first-order chi connectivity index (χ1) is 10.6. The summed E-state index contributed by atoms with van der Waals surface area (Å²) in [5.74, 6) is -0.0156. The molecule has 0 fully saturated rings. The van der Waals surface area contributed by atoms with Crippen molar-refractivity contribution in [3.05, 3.63) is 57.2 Å². The van der Waals surface area contributed by atoms with Crippen molar-refractivity contribution in [3.8, 4) is 0 Å². The van der Waals surface area contributed by atoms with Gasteiger partial charge in [0.1, 0.15) is 0 Å². The van der Waals surface area contributed by atoms with Gasteiger partial charge in [-0.15, -0.1) is 11.3 Å². The third-order valence-electron chi connectivity index (χ3n) is 3.68. The number of benzene rings is 1. The van der Waals surface area contributed by atoms with E-state index in [1.807, 2.05) is 49.6 Å². The highest BCUT2D eigenvalue weighted by molar-refractivity contribution is 7.10. The topological polar surface area (TPSA) is 32.7 Å². The first kappa shape index (κ1) is 15.3. The highest BCUT2D eigenvalue weighted by atomic mass is 35.5. The maximum absolute atomic E-state index is 12.5. The highest BCUT2D eigenvalue weighted by Gasteiger charge is 2.34. The summed E-state index contributed by atoms with van der Waals surface area (Å²) in [5.41, 5.74) is 1.95. The van der Waals surface area contributed by atoms with Gasteiger partial charge < -0.3 is 0 Å². The van der Waals surface area contributed by atoms with Gasteiger partial charge in [-0.1, -0.05) is 43.6 Å². The van der Waals surface area contributed by atoms with E-state index in [0.717, 1.165) is 17.7 Å². The Morgan fingerprint density at radius 1 is 1.32 bits per heavy atom. The highest BCUT2D eigenvalue weighted by Crippen LogP contribution is 2.36. The van der Waals surface area contributed by atoms with Gasteiger partial charge in [-0.3, -0.25) is 4.79 Å². The normalized spacial score (nSPS) is 17.9. The largest absolute Gasteiger partial charge is 0.273 e. The molecule has 0 saturated carbocycles. The Kier molecular flexibility index (Phi) is 4.32. The molecule has 1 aliphatic rings. The van der Waals surface area contributed by atoms with E-state index < -0.39 is 0 Å². The molecule has 0 N–H and O–H groups in total. The summed E-state index contributed by atoms with van der Waals surface area (Å²) in [4.78, 5) is 13.7. The van der Waals surface area contributed by atoms with Gasteiger partial charge >= 0.3 is 0 Å². The summed E-state index contributed by atoms with van der Waals surface area (Å²) in [7, 11) is 0. The Labute approximate surface area is 139 Å². The molecule has 0 saturated heterocycles. The van der Waals surface area contributed by atoms with Crippen molar-refractivity contribution in [2.75, 3.05) is 0 Å². The lowest BCUT2D eigenvalue weighted by Gasteiger charge is -2.22. The van der Waals surface area contributed by atoms with Gasteiger partial charge in [0.05, 0.1) is 11.8 Å². The predicted molar refractivity (Wildman–Crippen MR) is 91.4 cm³/mol. The van der Waals surface area contributed by atoms with Crippen LogP contribution in [-0.2, 0) is 4.79 Å². The molecule has 1 aromatic heterocycles. The predicted octanol–water partition coefficient (Wildman–Crippen LogP) is 4.74. The molecule has 5 heteroatoms. The van der Waals surface area contributed by atoms with E-state index in [1.165, 1.54) is 4.88 Å². The van der Waals surface area contributed by atoms with E-state index in [1.54, 1.807) is 16.3 Å². The van der Waals surface area contributed by atoms with Crippen LogP contribution in [0.25, 0.3) is 0 Å². The van der Waals surface area contributed by atoms with Crippen molar-refractivity contribution in [3.63, 3.8) is 0 Å². The van der Waals surface area contributed by atoms with Crippen molar-refractivity contribution in [1.82, 2.24) is 5.01 Å². The molecule has 2 aromatic rings. The van der Waals surface area contributed by atoms with Crippen molar-refractivity contribution in [2.24, 2.45) is 11.0 Å². The first-order valence-electron chi connectivity index (χ1n) is 7.26. The zero-order valence-electron chi connectivity index (χ0n) is 12.5. The number of nitrogens with zero attached hydrogens (tertiary/aromatic N) is 2. The fraction of sp³-hybridized carbons (Fsp3) is 0.294. The number of thiophene rings is 1. The Balaban J connectivity index is 1.94. The quantitative estimate of drug-likeness (QED) is 0.799. The molecule has 0 bridgehead atoms. The van der Waals surface area contributed by atoms with E-state index in [2.05, 4.69) is 11.2 Å². The van der Waals surface area contributed by atoms with Gasteiger partial charge in [0.25, 0.3) is 0 Å². The van der Waals surface area contributed by atoms with Crippen LogP contribution in [0.3, 0.4) is 0 Å². The van der Waals surface area contributed by atoms with E-state index in [0.29, 0.717) is 5.02 Å². The van der Waals surface area contributed by atoms with E-state index in [9.17, 15) is 4.79 Å². The number of hydrazone groups is 1. The minimum absolute atomic E-state index is 0.000535. The van der Waals surface area contributed by atoms with Gasteiger partial charge in [0.2, 0.25) is 5.91 Å². The summed E-state index contributed by atoms with van der Waals surface area (Å²) in [6.45, 7) is 3.81. The van der Waals surface area contributed by atoms with Crippen molar-refractivity contribution in [1.29, 1.82) is 0 Å². The molecule has 1 aliphatic heterocycles. The molecule has 1 atom stereocenters. The van der Waals surface area contributed by atoms with Crippen molar-refractivity contribution >= 4 is 34.6 Å². The average Bonchev–Trinajstić information content (AvgIpc) is 3.16. The molecule has 2 heterocycles. The lowest BCUT2D eigenvalue weighted by molar-refractivity contribution is -0.136. The number of halogens is 1. The second-order valence-corrected chi connectivity index (χ2v) is 7.04. The summed E-state index contributed by atoms with van der Waals surface area (Å²) in [5, 5.41) is 9.00. The molecule has 0 aliphatic carbocycles. The maximum atomic E-state index is 12.5. The third kappa shape index (κ3) is 2.94. The summed E-state index contributed by atoms with van der Waals surface area (Å²) >= 11 is 7.61. The summed E-state index contributed by atoms with van der Waals surface area (Å²) in [6.07, 6.45) is 0.737. The summed E-state index contributed by atoms with van der Waals surface area (Å²) in [6, 6.07) is 11.7. The van der Waals surface area contributed by atoms with Crippen LogP contribution < -0.4 is 0 Å². The lowest BCUT2D eigenvalue weighted by atomic mass is 10.0. The van der Waals surface area contributed by atoms with E-state index >= 15 is 0 Å². The second-order valence-electron chi connectivity index (χ2n) is 5.63. The van der Waals surface area contributed by atoms with Crippen LogP contribution in [0, 0.1) is 5.92 Å². The molecule has 1 unspecified atom stereocenters. The van der Waals surface area contributed by atoms with Crippen LogP contribution in [0.15, 0.2) is 46.9 Å². The molecule has 1 amide bonds. The fourth-order valence-electron chi connectivity index (χ4n) is 2.50. The minimum atomic E-state index is -0.0734. The van der Waals surface area contributed by atoms with Crippen LogP contribution in [0.5, 0.6) is 0 Å². The zero-order chi connectivity index (χ0) is 15.7. The van der Waals surface area contributed by atoms with E-state index in [-0.39, 0.29) is 17.9 Å². The van der Waals surface area contributed by atoms with Crippen LogP contribution in [0.4, 0.5) is 0 Å². The van der Waals surface area contributed by atoms with Gasteiger partial charge in [0, 0.05) is 22.2 Å². The molecule has 0 spiro atoms. The van der Waals surface area contributed by atoms with Crippen LogP contribution in [-0.4, -0.2) is 16.6 Å². The molecule has 114 valence electrons.